The largest absolute Gasteiger partial charge is 0.454 e. The molecule has 0 bridgehead atoms. The summed E-state index contributed by atoms with van der Waals surface area (Å²) in [6, 6.07) is 11.6. The van der Waals surface area contributed by atoms with E-state index in [4.69, 9.17) is 32.7 Å². The molecule has 2 saturated heterocycles. The third-order valence-electron chi connectivity index (χ3n) is 12.5. The zero-order chi connectivity index (χ0) is 49.2. The molecule has 2 aromatic carbocycles. The van der Waals surface area contributed by atoms with E-state index < -0.39 is 29.2 Å². The van der Waals surface area contributed by atoms with E-state index in [1.165, 1.54) is 11.1 Å². The van der Waals surface area contributed by atoms with Gasteiger partial charge in [-0.15, -0.1) is 0 Å². The Bertz CT molecular complexity index is 3310. The zero-order valence-corrected chi connectivity index (χ0v) is 39.0. The first-order valence-electron chi connectivity index (χ1n) is 22.7. The second kappa shape index (κ2) is 20.4. The number of carbonyl (C=O) groups excluding carboxylic acids is 2. The van der Waals surface area contributed by atoms with E-state index in [-0.39, 0.29) is 41.7 Å². The maximum Gasteiger partial charge on any atom is 0.256 e. The van der Waals surface area contributed by atoms with Gasteiger partial charge in [-0.3, -0.25) is 9.59 Å². The number of amides is 2. The fourth-order valence-corrected chi connectivity index (χ4v) is 9.24. The quantitative estimate of drug-likeness (QED) is 0.0951. The minimum Gasteiger partial charge on any atom is -0.454 e. The molecular formula is C49H42Cl2F4N12O4. The van der Waals surface area contributed by atoms with Crippen LogP contribution in [0.15, 0.2) is 85.7 Å². The maximum absolute atomic E-state index is 14.6. The van der Waals surface area contributed by atoms with Crippen LogP contribution in [-0.2, 0) is 0 Å². The van der Waals surface area contributed by atoms with Crippen LogP contribution in [0.25, 0.3) is 44.8 Å². The predicted octanol–water partition coefficient (Wildman–Crippen LogP) is 9.56. The number of aromatic nitrogens is 8. The molecule has 6 aromatic heterocycles. The van der Waals surface area contributed by atoms with Gasteiger partial charge in [0.15, 0.2) is 46.4 Å². The number of piperidine rings is 2. The van der Waals surface area contributed by atoms with Crippen molar-refractivity contribution in [2.45, 2.75) is 25.7 Å². The highest BCUT2D eigenvalue weighted by molar-refractivity contribution is 6.31. The van der Waals surface area contributed by atoms with E-state index in [1.807, 2.05) is 4.90 Å². The highest BCUT2D eigenvalue weighted by Gasteiger charge is 2.29. The van der Waals surface area contributed by atoms with E-state index in [2.05, 4.69) is 50.5 Å². The number of nitrogens with zero attached hydrogens (tertiary/aromatic N) is 8. The predicted molar refractivity (Wildman–Crippen MR) is 257 cm³/mol. The summed E-state index contributed by atoms with van der Waals surface area (Å²) in [6.07, 6.45) is 12.0. The number of ether oxygens (including phenoxy) is 2. The average Bonchev–Trinajstić information content (AvgIpc) is 4.14. The normalized spacial score (nSPS) is 16.5. The number of fused-ring (bicyclic) bond motifs is 3. The molecule has 0 spiro atoms. The third kappa shape index (κ3) is 10.3. The van der Waals surface area contributed by atoms with Crippen molar-refractivity contribution >= 4 is 68.7 Å². The Morgan fingerprint density at radius 2 is 1.20 bits per heavy atom. The number of rotatable bonds is 10. The first-order valence-corrected chi connectivity index (χ1v) is 23.4. The summed E-state index contributed by atoms with van der Waals surface area (Å²) in [6.45, 7) is 3.05. The fourth-order valence-electron chi connectivity index (χ4n) is 8.93. The first kappa shape index (κ1) is 47.1. The molecule has 2 atom stereocenters. The molecule has 364 valence electrons. The number of anilines is 2. The maximum atomic E-state index is 14.6. The number of H-pyrrole nitrogens is 2. The van der Waals surface area contributed by atoms with Gasteiger partial charge in [-0.25, -0.2) is 47.5 Å². The van der Waals surface area contributed by atoms with E-state index >= 15 is 0 Å². The summed E-state index contributed by atoms with van der Waals surface area (Å²) in [4.78, 5) is 60.8. The highest BCUT2D eigenvalue weighted by atomic mass is 35.5. The van der Waals surface area contributed by atoms with Crippen LogP contribution >= 0.6 is 23.2 Å². The van der Waals surface area contributed by atoms with Crippen molar-refractivity contribution < 1.29 is 36.6 Å². The summed E-state index contributed by atoms with van der Waals surface area (Å²) in [5, 5.41) is 8.56. The third-order valence-corrected chi connectivity index (χ3v) is 12.9. The molecule has 11 rings (SSSR count). The first-order chi connectivity index (χ1) is 34.4. The van der Waals surface area contributed by atoms with Crippen LogP contribution < -0.4 is 20.1 Å². The summed E-state index contributed by atoms with van der Waals surface area (Å²) < 4.78 is 67.0. The molecule has 0 unspecified atom stereocenters. The molecular weight excluding hydrogens is 968 g/mol. The van der Waals surface area contributed by atoms with Crippen molar-refractivity contribution in [2.24, 2.45) is 11.8 Å². The molecule has 71 heavy (non-hydrogen) atoms. The van der Waals surface area contributed by atoms with Crippen LogP contribution in [-0.4, -0.2) is 108 Å². The molecule has 3 aliphatic rings. The van der Waals surface area contributed by atoms with Crippen LogP contribution in [0.1, 0.15) is 46.4 Å². The van der Waals surface area contributed by atoms with Gasteiger partial charge in [0.25, 0.3) is 11.8 Å². The Kier molecular flexibility index (Phi) is 13.5. The lowest BCUT2D eigenvalue weighted by molar-refractivity contribution is 0.0670. The molecule has 3 aliphatic heterocycles. The SMILES string of the molecule is O=C(c1ccc(F)cc1F)N1CCC[C@H](CNc2nc(-c3c[nH]c4ncc(Cl)cc34)ncc2F)C1.O=C(c1ccc2c(c1)OCO2)N1CCC[C@H](CNc2nc(-c3c[nH]c4ncc(Cl)cc34)ncc2F)C1. The fraction of sp³-hybridized carbons (Fsp3) is 0.265. The van der Waals surface area contributed by atoms with Crippen molar-refractivity contribution in [2.75, 3.05) is 56.7 Å². The molecule has 0 aliphatic carbocycles. The van der Waals surface area contributed by atoms with E-state index in [9.17, 15) is 27.2 Å². The standard InChI is InChI=1S/C25H22ClFN6O3.C24H20ClF3N6O/c26-16-7-17-18(10-30-22(17)29-9-16)23-31-11-19(27)24(32-23)28-8-14-2-1-5-33(12-14)25(34)15-3-4-20-21(6-15)36-13-35-20;25-14-6-17-18(10-31-21(17)30-9-14)22-32-11-20(28)23(33-22)29-8-13-2-1-5-34(12-13)24(35)16-4-3-15(26)7-19(16)27/h3-4,6-7,9-11,14H,1-2,5,8,12-13H2,(H,29,30)(H,28,31,32);3-4,6-7,9-11,13H,1-2,5,8,12H2,(H,30,31)(H,29,32,33)/t14-;13-/m11/s1. The van der Waals surface area contributed by atoms with Crippen molar-refractivity contribution in [3.63, 3.8) is 0 Å². The number of hydrogen-bond acceptors (Lipinski definition) is 12. The molecule has 22 heteroatoms. The Morgan fingerprint density at radius 1 is 0.648 bits per heavy atom. The van der Waals surface area contributed by atoms with Gasteiger partial charge in [0.05, 0.1) is 28.0 Å². The Balaban J connectivity index is 0.000000164. The van der Waals surface area contributed by atoms with Gasteiger partial charge in [0, 0.05) is 97.6 Å². The molecule has 16 nitrogen and oxygen atoms in total. The molecule has 0 saturated carbocycles. The number of likely N-dealkylation sites (tertiary alicyclic amines) is 2. The molecule has 2 fully saturated rings. The van der Waals surface area contributed by atoms with Crippen molar-refractivity contribution in [1.29, 1.82) is 0 Å². The van der Waals surface area contributed by atoms with Crippen molar-refractivity contribution in [1.82, 2.24) is 49.7 Å². The number of nitrogens with one attached hydrogen (secondary N) is 4. The minimum absolute atomic E-state index is 0.00915. The van der Waals surface area contributed by atoms with Crippen LogP contribution in [0, 0.1) is 35.1 Å². The van der Waals surface area contributed by atoms with Gasteiger partial charge in [0.2, 0.25) is 6.79 Å². The monoisotopic (exact) mass is 1010 g/mol. The van der Waals surface area contributed by atoms with Gasteiger partial charge < -0.3 is 39.9 Å². The average molecular weight is 1010 g/mol. The lowest BCUT2D eigenvalue weighted by atomic mass is 9.97. The Morgan fingerprint density at radius 3 is 1.76 bits per heavy atom. The van der Waals surface area contributed by atoms with Gasteiger partial charge in [-0.05, 0) is 80.0 Å². The smallest absolute Gasteiger partial charge is 0.256 e. The summed E-state index contributed by atoms with van der Waals surface area (Å²) in [5.74, 6) is -1.15. The Hall–Kier alpha value is -7.58. The van der Waals surface area contributed by atoms with E-state index in [1.54, 1.807) is 48.9 Å². The van der Waals surface area contributed by atoms with Crippen LogP contribution in [0.4, 0.5) is 29.2 Å². The van der Waals surface area contributed by atoms with E-state index in [0.717, 1.165) is 49.2 Å². The number of benzene rings is 2. The summed E-state index contributed by atoms with van der Waals surface area (Å²) in [7, 11) is 0. The van der Waals surface area contributed by atoms with Crippen molar-refractivity contribution in [3.05, 3.63) is 130 Å². The van der Waals surface area contributed by atoms with Gasteiger partial charge in [-0.1, -0.05) is 23.2 Å². The van der Waals surface area contributed by atoms with Crippen LogP contribution in [0.2, 0.25) is 10.0 Å². The van der Waals surface area contributed by atoms with Crippen LogP contribution in [0.3, 0.4) is 0 Å². The molecule has 8 aromatic rings. The van der Waals surface area contributed by atoms with Gasteiger partial charge in [-0.2, -0.15) is 0 Å². The zero-order valence-electron chi connectivity index (χ0n) is 37.5. The minimum atomic E-state index is -0.889. The van der Waals surface area contributed by atoms with Crippen molar-refractivity contribution in [3.8, 4) is 34.3 Å². The van der Waals surface area contributed by atoms with Gasteiger partial charge in [0.1, 0.15) is 22.9 Å². The summed E-state index contributed by atoms with van der Waals surface area (Å²) >= 11 is 12.2. The lowest BCUT2D eigenvalue weighted by Gasteiger charge is -2.33. The van der Waals surface area contributed by atoms with E-state index in [0.29, 0.717) is 118 Å². The molecule has 0 radical (unpaired) electrons. The van der Waals surface area contributed by atoms with Crippen LogP contribution in [0.5, 0.6) is 11.5 Å². The number of hydrogen-bond donors (Lipinski definition) is 4. The molecule has 2 amide bonds. The highest BCUT2D eigenvalue weighted by Crippen LogP contribution is 2.34. The topological polar surface area (TPSA) is 192 Å². The molecule has 9 heterocycles. The summed E-state index contributed by atoms with van der Waals surface area (Å²) in [5.41, 5.74) is 2.96. The second-order valence-electron chi connectivity index (χ2n) is 17.3. The number of carbonyl (C=O) groups is 2. The number of aromatic amines is 2. The second-order valence-corrected chi connectivity index (χ2v) is 18.1. The number of halogens is 6. The van der Waals surface area contributed by atoms with Gasteiger partial charge >= 0.3 is 0 Å². The Labute approximate surface area is 412 Å². The number of pyridine rings is 2. The molecule has 4 N–H and O–H groups in total. The lowest BCUT2D eigenvalue weighted by Crippen LogP contribution is -2.42.